The highest BCUT2D eigenvalue weighted by molar-refractivity contribution is 6.83. The lowest BCUT2D eigenvalue weighted by Crippen LogP contribution is -2.41. The fraction of sp³-hybridized carbons (Fsp3) is 0.667. The Balaban J connectivity index is 3.11. The highest BCUT2D eigenvalue weighted by Crippen LogP contribution is 2.37. The maximum atomic E-state index is 11.9. The minimum atomic E-state index is -1.81. The summed E-state index contributed by atoms with van der Waals surface area (Å²) in [7, 11) is -3.20. The molecular formula is C21H38O3Si2. The van der Waals surface area contributed by atoms with E-state index in [1.807, 2.05) is 6.92 Å². The Hall–Kier alpha value is -0.916. The average Bonchev–Trinajstić information content (AvgIpc) is 2.66. The zero-order valence-corrected chi connectivity index (χ0v) is 20.3. The van der Waals surface area contributed by atoms with E-state index in [9.17, 15) is 4.79 Å². The second-order valence-electron chi connectivity index (χ2n) is 9.66. The summed E-state index contributed by atoms with van der Waals surface area (Å²) in [6.07, 6.45) is 8.03. The van der Waals surface area contributed by atoms with Gasteiger partial charge in [0.2, 0.25) is 0 Å². The Labute approximate surface area is 162 Å². The first-order valence-corrected chi connectivity index (χ1v) is 16.1. The van der Waals surface area contributed by atoms with Gasteiger partial charge in [-0.1, -0.05) is 57.8 Å². The van der Waals surface area contributed by atoms with E-state index in [1.54, 1.807) is 6.08 Å². The Morgan fingerprint density at radius 2 is 1.73 bits per heavy atom. The minimum absolute atomic E-state index is 0.188. The first-order chi connectivity index (χ1) is 11.8. The van der Waals surface area contributed by atoms with Crippen molar-refractivity contribution >= 4 is 22.4 Å². The van der Waals surface area contributed by atoms with Crippen LogP contribution in [0.5, 0.6) is 0 Å². The first-order valence-electron chi connectivity index (χ1n) is 9.69. The van der Waals surface area contributed by atoms with Gasteiger partial charge in [0.15, 0.2) is 8.32 Å². The molecule has 148 valence electrons. The van der Waals surface area contributed by atoms with E-state index < -0.39 is 16.4 Å². The summed E-state index contributed by atoms with van der Waals surface area (Å²) in [6, 6.07) is 0. The second kappa shape index (κ2) is 8.85. The van der Waals surface area contributed by atoms with Gasteiger partial charge in [-0.2, -0.15) is 0 Å². The zero-order chi connectivity index (χ0) is 20.2. The minimum Gasteiger partial charge on any atom is -0.463 e. The van der Waals surface area contributed by atoms with Crippen molar-refractivity contribution in [3.05, 3.63) is 34.6 Å². The molecule has 0 radical (unpaired) electrons. The Bertz CT molecular complexity index is 600. The lowest BCUT2D eigenvalue weighted by Gasteiger charge is -2.36. The third-order valence-electron chi connectivity index (χ3n) is 5.37. The van der Waals surface area contributed by atoms with Gasteiger partial charge in [-0.25, -0.2) is 4.79 Å². The molecule has 0 heterocycles. The lowest BCUT2D eigenvalue weighted by atomic mass is 10.1. The van der Waals surface area contributed by atoms with E-state index in [0.29, 0.717) is 13.2 Å². The van der Waals surface area contributed by atoms with Crippen LogP contribution >= 0.6 is 0 Å². The smallest absolute Gasteiger partial charge is 0.331 e. The number of esters is 1. The topological polar surface area (TPSA) is 35.5 Å². The van der Waals surface area contributed by atoms with Gasteiger partial charge in [0, 0.05) is 6.08 Å². The molecule has 0 atom stereocenters. The number of carbonyl (C=O) groups excluding carboxylic acids is 1. The number of hydrogen-bond acceptors (Lipinski definition) is 3. The molecule has 26 heavy (non-hydrogen) atoms. The van der Waals surface area contributed by atoms with Crippen LogP contribution in [-0.2, 0) is 14.0 Å². The van der Waals surface area contributed by atoms with Gasteiger partial charge < -0.3 is 9.16 Å². The van der Waals surface area contributed by atoms with E-state index in [4.69, 9.17) is 9.16 Å². The number of hydrogen-bond donors (Lipinski definition) is 0. The molecule has 0 amide bonds. The van der Waals surface area contributed by atoms with Gasteiger partial charge >= 0.3 is 5.97 Å². The summed E-state index contributed by atoms with van der Waals surface area (Å²) in [6.45, 7) is 21.3. The molecule has 0 bridgehead atoms. The van der Waals surface area contributed by atoms with Crippen LogP contribution in [0.1, 0.15) is 40.5 Å². The largest absolute Gasteiger partial charge is 0.463 e. The average molecular weight is 395 g/mol. The van der Waals surface area contributed by atoms with Crippen molar-refractivity contribution in [1.29, 1.82) is 0 Å². The van der Waals surface area contributed by atoms with Gasteiger partial charge in [-0.15, -0.1) is 0 Å². The van der Waals surface area contributed by atoms with Crippen LogP contribution in [0.25, 0.3) is 0 Å². The van der Waals surface area contributed by atoms with Crippen molar-refractivity contribution in [1.82, 2.24) is 0 Å². The van der Waals surface area contributed by atoms with Crippen molar-refractivity contribution in [2.45, 2.75) is 78.3 Å². The number of rotatable bonds is 6. The maximum Gasteiger partial charge on any atom is 0.331 e. The van der Waals surface area contributed by atoms with Crippen LogP contribution in [0, 0.1) is 0 Å². The fourth-order valence-electron chi connectivity index (χ4n) is 2.53. The molecule has 0 aliphatic heterocycles. The van der Waals surface area contributed by atoms with Crippen LogP contribution in [0.4, 0.5) is 0 Å². The highest BCUT2D eigenvalue weighted by Gasteiger charge is 2.37. The molecular weight excluding hydrogens is 356 g/mol. The lowest BCUT2D eigenvalue weighted by molar-refractivity contribution is -0.137. The summed E-state index contributed by atoms with van der Waals surface area (Å²) in [4.78, 5) is 11.9. The fourth-order valence-corrected chi connectivity index (χ4v) is 4.99. The Morgan fingerprint density at radius 3 is 2.23 bits per heavy atom. The van der Waals surface area contributed by atoms with Crippen molar-refractivity contribution in [2.75, 3.05) is 13.2 Å². The molecule has 0 spiro atoms. The molecule has 0 aromatic carbocycles. The first kappa shape index (κ1) is 23.1. The summed E-state index contributed by atoms with van der Waals surface area (Å²) in [5, 5.41) is 1.72. The Kier molecular flexibility index (Phi) is 7.87. The van der Waals surface area contributed by atoms with E-state index in [0.717, 1.165) is 18.4 Å². The molecule has 5 heteroatoms. The quantitative estimate of drug-likeness (QED) is 0.314. The monoisotopic (exact) mass is 394 g/mol. The molecule has 0 saturated carbocycles. The van der Waals surface area contributed by atoms with E-state index in [1.165, 1.54) is 10.8 Å². The highest BCUT2D eigenvalue weighted by atomic mass is 28.4. The van der Waals surface area contributed by atoms with Crippen molar-refractivity contribution in [2.24, 2.45) is 0 Å². The molecule has 0 fully saturated rings. The number of carbonyl (C=O) groups is 1. The van der Waals surface area contributed by atoms with Gasteiger partial charge in [0.1, 0.15) is 0 Å². The van der Waals surface area contributed by atoms with E-state index in [-0.39, 0.29) is 11.0 Å². The number of ether oxygens (including phenoxy) is 1. The summed E-state index contributed by atoms with van der Waals surface area (Å²) >= 11 is 0. The molecule has 0 unspecified atom stereocenters. The summed E-state index contributed by atoms with van der Waals surface area (Å²) < 4.78 is 11.5. The van der Waals surface area contributed by atoms with E-state index in [2.05, 4.69) is 65.7 Å². The SMILES string of the molecule is CCOC(=O)/C=C1\C=C(CO[Si](C)(C)C(C)(C)C)C=C([Si](C)(C)C)CC1. The third kappa shape index (κ3) is 7.01. The molecule has 0 N–H and O–H groups in total. The molecule has 0 saturated heterocycles. The van der Waals surface area contributed by atoms with Crippen LogP contribution in [0.3, 0.4) is 0 Å². The van der Waals surface area contributed by atoms with Gasteiger partial charge in [-0.3, -0.25) is 0 Å². The van der Waals surface area contributed by atoms with Gasteiger partial charge in [-0.05, 0) is 49.0 Å². The zero-order valence-electron chi connectivity index (χ0n) is 18.3. The molecule has 0 aromatic heterocycles. The van der Waals surface area contributed by atoms with Crippen LogP contribution in [0.2, 0.25) is 37.8 Å². The van der Waals surface area contributed by atoms with E-state index >= 15 is 0 Å². The standard InChI is InChI=1S/C21H38O3Si2/c1-10-23-20(22)15-17-11-12-19(25(5,6)7)14-18(13-17)16-24-26(8,9)21(2,3)4/h13-15H,10-12,16H2,1-9H3/b17-15-. The Morgan fingerprint density at radius 1 is 1.12 bits per heavy atom. The second-order valence-corrected chi connectivity index (χ2v) is 19.6. The molecule has 1 aliphatic rings. The maximum absolute atomic E-state index is 11.9. The summed E-state index contributed by atoms with van der Waals surface area (Å²) in [5.74, 6) is -0.250. The molecule has 1 rings (SSSR count). The summed E-state index contributed by atoms with van der Waals surface area (Å²) in [5.41, 5.74) is 2.22. The third-order valence-corrected chi connectivity index (χ3v) is 12.2. The predicted octanol–water partition coefficient (Wildman–Crippen LogP) is 6.02. The van der Waals surface area contributed by atoms with Crippen molar-refractivity contribution in [3.63, 3.8) is 0 Å². The molecule has 1 aliphatic carbocycles. The van der Waals surface area contributed by atoms with Crippen LogP contribution in [-0.4, -0.2) is 35.6 Å². The van der Waals surface area contributed by atoms with Crippen molar-refractivity contribution in [3.8, 4) is 0 Å². The van der Waals surface area contributed by atoms with Gasteiger partial charge in [0.25, 0.3) is 0 Å². The normalized spacial score (nSPS) is 18.3. The molecule has 3 nitrogen and oxygen atoms in total. The van der Waals surface area contributed by atoms with Crippen molar-refractivity contribution < 1.29 is 14.0 Å². The number of allylic oxidation sites excluding steroid dienone is 3. The van der Waals surface area contributed by atoms with Crippen LogP contribution < -0.4 is 0 Å². The van der Waals surface area contributed by atoms with Crippen LogP contribution in [0.15, 0.2) is 34.6 Å². The van der Waals surface area contributed by atoms with Gasteiger partial charge in [0.05, 0.1) is 21.3 Å². The molecule has 0 aromatic rings. The predicted molar refractivity (Wildman–Crippen MR) is 117 cm³/mol.